The lowest BCUT2D eigenvalue weighted by Crippen LogP contribution is -2.54. The molecule has 2 heterocycles. The van der Waals surface area contributed by atoms with Gasteiger partial charge < -0.3 is 15.4 Å². The Hall–Kier alpha value is -1.62. The van der Waals surface area contributed by atoms with Gasteiger partial charge in [-0.2, -0.15) is 0 Å². The molecule has 0 saturated carbocycles. The highest BCUT2D eigenvalue weighted by Gasteiger charge is 2.34. The van der Waals surface area contributed by atoms with Crippen molar-refractivity contribution in [3.05, 3.63) is 18.3 Å². The van der Waals surface area contributed by atoms with Crippen LogP contribution < -0.4 is 15.4 Å². The molecule has 1 unspecified atom stereocenters. The number of nitrogens with zero attached hydrogens (tertiary/aromatic N) is 1. The third-order valence-electron chi connectivity index (χ3n) is 3.41. The number of hydrogen-bond acceptors (Lipinski definition) is 4. The van der Waals surface area contributed by atoms with E-state index in [0.29, 0.717) is 18.2 Å². The highest BCUT2D eigenvalue weighted by atomic mass is 16.5. The van der Waals surface area contributed by atoms with Crippen LogP contribution in [-0.4, -0.2) is 29.6 Å². The summed E-state index contributed by atoms with van der Waals surface area (Å²) in [4.78, 5) is 16.4. The maximum absolute atomic E-state index is 12.3. The largest absolute Gasteiger partial charge is 0.478 e. The third kappa shape index (κ3) is 3.44. The summed E-state index contributed by atoms with van der Waals surface area (Å²) in [5.41, 5.74) is 0.221. The van der Waals surface area contributed by atoms with Gasteiger partial charge in [-0.15, -0.1) is 0 Å². The van der Waals surface area contributed by atoms with Gasteiger partial charge in [-0.25, -0.2) is 4.98 Å². The molecule has 1 aliphatic rings. The minimum absolute atomic E-state index is 0.00170. The van der Waals surface area contributed by atoms with E-state index in [9.17, 15) is 4.79 Å². The van der Waals surface area contributed by atoms with Gasteiger partial charge in [0, 0.05) is 6.07 Å². The van der Waals surface area contributed by atoms with Gasteiger partial charge in [0.15, 0.2) is 0 Å². The predicted molar refractivity (Wildman–Crippen MR) is 74.3 cm³/mol. The minimum atomic E-state index is -0.475. The number of rotatable bonds is 4. The number of carbonyl (C=O) groups excluding carboxylic acids is 1. The van der Waals surface area contributed by atoms with E-state index in [0.717, 1.165) is 25.8 Å². The molecule has 0 aliphatic carbocycles. The van der Waals surface area contributed by atoms with E-state index >= 15 is 0 Å². The van der Waals surface area contributed by atoms with Crippen LogP contribution in [0.15, 0.2) is 18.3 Å². The zero-order valence-electron chi connectivity index (χ0n) is 11.5. The fourth-order valence-corrected chi connectivity index (χ4v) is 2.21. The number of carbonyl (C=O) groups is 1. The summed E-state index contributed by atoms with van der Waals surface area (Å²) in [6, 6.07) is 3.57. The molecule has 2 N–H and O–H groups in total. The normalized spacial score (nSPS) is 22.8. The molecule has 5 nitrogen and oxygen atoms in total. The highest BCUT2D eigenvalue weighted by Crippen LogP contribution is 2.21. The van der Waals surface area contributed by atoms with Crippen LogP contribution in [0.3, 0.4) is 0 Å². The molecule has 1 aliphatic heterocycles. The van der Waals surface area contributed by atoms with Gasteiger partial charge in [0.25, 0.3) is 0 Å². The molecule has 1 aromatic rings. The quantitative estimate of drug-likeness (QED) is 0.871. The van der Waals surface area contributed by atoms with Crippen molar-refractivity contribution >= 4 is 11.6 Å². The number of piperidine rings is 1. The lowest BCUT2D eigenvalue weighted by molar-refractivity contribution is -0.122. The number of aromatic nitrogens is 1. The van der Waals surface area contributed by atoms with Crippen molar-refractivity contribution in [2.75, 3.05) is 18.5 Å². The first-order valence-corrected chi connectivity index (χ1v) is 6.79. The van der Waals surface area contributed by atoms with Gasteiger partial charge in [0.05, 0.1) is 24.0 Å². The SMILES string of the molecule is CCOc1ccc(NC(=O)C2(C)CCCCN2)cn1. The minimum Gasteiger partial charge on any atom is -0.478 e. The van der Waals surface area contributed by atoms with Gasteiger partial charge >= 0.3 is 0 Å². The molecular formula is C14H21N3O2. The average Bonchev–Trinajstić information content (AvgIpc) is 2.42. The molecule has 2 rings (SSSR count). The topological polar surface area (TPSA) is 63.2 Å². The van der Waals surface area contributed by atoms with E-state index in [4.69, 9.17) is 4.74 Å². The van der Waals surface area contributed by atoms with Crippen molar-refractivity contribution in [1.82, 2.24) is 10.3 Å². The van der Waals surface area contributed by atoms with Gasteiger partial charge in [-0.05, 0) is 45.7 Å². The number of anilines is 1. The van der Waals surface area contributed by atoms with Crippen LogP contribution in [-0.2, 0) is 4.79 Å². The van der Waals surface area contributed by atoms with Crippen LogP contribution >= 0.6 is 0 Å². The average molecular weight is 263 g/mol. The maximum atomic E-state index is 12.3. The molecule has 1 saturated heterocycles. The summed E-state index contributed by atoms with van der Waals surface area (Å²) in [7, 11) is 0. The Bertz CT molecular complexity index is 425. The monoisotopic (exact) mass is 263 g/mol. The van der Waals surface area contributed by atoms with E-state index in [1.165, 1.54) is 0 Å². The number of hydrogen-bond donors (Lipinski definition) is 2. The number of nitrogens with one attached hydrogen (secondary N) is 2. The molecular weight excluding hydrogens is 242 g/mol. The predicted octanol–water partition coefficient (Wildman–Crippen LogP) is 1.95. The van der Waals surface area contributed by atoms with Gasteiger partial charge in [-0.1, -0.05) is 0 Å². The molecule has 0 radical (unpaired) electrons. The summed E-state index contributed by atoms with van der Waals surface area (Å²) in [6.45, 7) is 5.34. The molecule has 104 valence electrons. The number of ether oxygens (including phenoxy) is 1. The summed E-state index contributed by atoms with van der Waals surface area (Å²) in [5.74, 6) is 0.570. The zero-order valence-corrected chi connectivity index (χ0v) is 11.5. The van der Waals surface area contributed by atoms with Crippen molar-refractivity contribution in [1.29, 1.82) is 0 Å². The molecule has 5 heteroatoms. The Kier molecular flexibility index (Phi) is 4.37. The Labute approximate surface area is 113 Å². The van der Waals surface area contributed by atoms with E-state index in [1.54, 1.807) is 12.3 Å². The first kappa shape index (κ1) is 13.8. The lowest BCUT2D eigenvalue weighted by atomic mass is 9.90. The molecule has 0 aromatic carbocycles. The molecule has 0 spiro atoms. The van der Waals surface area contributed by atoms with E-state index in [-0.39, 0.29) is 5.91 Å². The summed E-state index contributed by atoms with van der Waals surface area (Å²) in [5, 5.41) is 6.19. The van der Waals surface area contributed by atoms with Crippen LogP contribution in [0.4, 0.5) is 5.69 Å². The van der Waals surface area contributed by atoms with Gasteiger partial charge in [-0.3, -0.25) is 4.79 Å². The fraction of sp³-hybridized carbons (Fsp3) is 0.571. The van der Waals surface area contributed by atoms with E-state index in [1.807, 2.05) is 19.9 Å². The van der Waals surface area contributed by atoms with Crippen LogP contribution in [0.1, 0.15) is 33.1 Å². The molecule has 1 amide bonds. The van der Waals surface area contributed by atoms with Gasteiger partial charge in [0.2, 0.25) is 11.8 Å². The van der Waals surface area contributed by atoms with Crippen LogP contribution in [0.25, 0.3) is 0 Å². The van der Waals surface area contributed by atoms with Crippen molar-refractivity contribution in [3.63, 3.8) is 0 Å². The molecule has 1 atom stereocenters. The molecule has 0 bridgehead atoms. The van der Waals surface area contributed by atoms with Crippen molar-refractivity contribution in [3.8, 4) is 5.88 Å². The third-order valence-corrected chi connectivity index (χ3v) is 3.41. The second kappa shape index (κ2) is 6.02. The molecule has 19 heavy (non-hydrogen) atoms. The Morgan fingerprint density at radius 2 is 2.37 bits per heavy atom. The first-order chi connectivity index (χ1) is 9.14. The van der Waals surface area contributed by atoms with E-state index in [2.05, 4.69) is 15.6 Å². The molecule has 1 aromatic heterocycles. The Morgan fingerprint density at radius 3 is 2.95 bits per heavy atom. The molecule has 1 fully saturated rings. The summed E-state index contributed by atoms with van der Waals surface area (Å²) in [6.07, 6.45) is 4.70. The lowest BCUT2D eigenvalue weighted by Gasteiger charge is -2.33. The van der Waals surface area contributed by atoms with Crippen molar-refractivity contribution in [2.24, 2.45) is 0 Å². The zero-order chi connectivity index (χ0) is 13.7. The second-order valence-electron chi connectivity index (χ2n) is 4.99. The maximum Gasteiger partial charge on any atom is 0.244 e. The number of pyridine rings is 1. The summed E-state index contributed by atoms with van der Waals surface area (Å²) < 4.78 is 5.27. The smallest absolute Gasteiger partial charge is 0.244 e. The second-order valence-corrected chi connectivity index (χ2v) is 4.99. The first-order valence-electron chi connectivity index (χ1n) is 6.79. The fourth-order valence-electron chi connectivity index (χ4n) is 2.21. The van der Waals surface area contributed by atoms with Crippen molar-refractivity contribution in [2.45, 2.75) is 38.6 Å². The van der Waals surface area contributed by atoms with Crippen molar-refractivity contribution < 1.29 is 9.53 Å². The van der Waals surface area contributed by atoms with E-state index < -0.39 is 5.54 Å². The van der Waals surface area contributed by atoms with Crippen LogP contribution in [0.5, 0.6) is 5.88 Å². The Morgan fingerprint density at radius 1 is 1.53 bits per heavy atom. The van der Waals surface area contributed by atoms with Crippen LogP contribution in [0.2, 0.25) is 0 Å². The number of amides is 1. The van der Waals surface area contributed by atoms with Crippen LogP contribution in [0, 0.1) is 0 Å². The summed E-state index contributed by atoms with van der Waals surface area (Å²) >= 11 is 0. The Balaban J connectivity index is 1.98. The standard InChI is InChI=1S/C14H21N3O2/c1-3-19-12-7-6-11(10-15-12)17-13(18)14(2)8-4-5-9-16-14/h6-7,10,16H,3-5,8-9H2,1-2H3,(H,17,18). The van der Waals surface area contributed by atoms with Gasteiger partial charge in [0.1, 0.15) is 0 Å². The highest BCUT2D eigenvalue weighted by molar-refractivity contribution is 5.97.